The van der Waals surface area contributed by atoms with Crippen molar-refractivity contribution in [3.05, 3.63) is 52.5 Å². The molecule has 21 heavy (non-hydrogen) atoms. The molecule has 0 aliphatic carbocycles. The molecule has 114 valence electrons. The highest BCUT2D eigenvalue weighted by atomic mass is 32.1. The van der Waals surface area contributed by atoms with Gasteiger partial charge in [0.15, 0.2) is 0 Å². The van der Waals surface area contributed by atoms with Crippen LogP contribution in [0.2, 0.25) is 0 Å². The molecule has 1 aromatic carbocycles. The Hall–Kier alpha value is -1.23. The van der Waals surface area contributed by atoms with Crippen LogP contribution in [0.25, 0.3) is 0 Å². The maximum absolute atomic E-state index is 4.40. The van der Waals surface area contributed by atoms with Crippen molar-refractivity contribution in [3.63, 3.8) is 0 Å². The van der Waals surface area contributed by atoms with Crippen LogP contribution in [0.5, 0.6) is 0 Å². The van der Waals surface area contributed by atoms with Gasteiger partial charge in [0.05, 0.1) is 11.2 Å². The molecule has 0 radical (unpaired) electrons. The highest BCUT2D eigenvalue weighted by molar-refractivity contribution is 7.07. The Kier molecular flexibility index (Phi) is 5.51. The zero-order valence-electron chi connectivity index (χ0n) is 13.3. The molecule has 1 heterocycles. The zero-order chi connectivity index (χ0) is 15.3. The van der Waals surface area contributed by atoms with E-state index in [-0.39, 0.29) is 5.54 Å². The second-order valence-corrected chi connectivity index (χ2v) is 7.17. The van der Waals surface area contributed by atoms with Gasteiger partial charge in [0.25, 0.3) is 0 Å². The summed E-state index contributed by atoms with van der Waals surface area (Å²) in [6.45, 7) is 8.41. The molecule has 0 aliphatic rings. The average Bonchev–Trinajstić information content (AvgIpc) is 2.91. The van der Waals surface area contributed by atoms with Crippen molar-refractivity contribution in [1.82, 2.24) is 15.2 Å². The summed E-state index contributed by atoms with van der Waals surface area (Å²) in [6.07, 6.45) is 0. The summed E-state index contributed by atoms with van der Waals surface area (Å²) in [4.78, 5) is 6.76. The smallest absolute Gasteiger partial charge is 0.0795 e. The summed E-state index contributed by atoms with van der Waals surface area (Å²) in [5.41, 5.74) is 4.49. The van der Waals surface area contributed by atoms with Crippen molar-refractivity contribution in [1.29, 1.82) is 0 Å². The third-order valence-electron chi connectivity index (χ3n) is 3.44. The number of nitrogens with zero attached hydrogens (tertiary/aromatic N) is 2. The van der Waals surface area contributed by atoms with Gasteiger partial charge in [-0.05, 0) is 33.4 Å². The van der Waals surface area contributed by atoms with Gasteiger partial charge in [-0.1, -0.05) is 30.3 Å². The van der Waals surface area contributed by atoms with E-state index < -0.39 is 0 Å². The first-order valence-corrected chi connectivity index (χ1v) is 8.27. The predicted octanol–water partition coefficient (Wildman–Crippen LogP) is 3.70. The molecule has 0 saturated carbocycles. The molecule has 1 aromatic heterocycles. The largest absolute Gasteiger partial charge is 0.310 e. The quantitative estimate of drug-likeness (QED) is 0.882. The third-order valence-corrected chi connectivity index (χ3v) is 4.07. The van der Waals surface area contributed by atoms with Crippen LogP contribution in [-0.2, 0) is 6.54 Å². The van der Waals surface area contributed by atoms with E-state index in [1.165, 1.54) is 5.56 Å². The molecule has 1 atom stereocenters. The van der Waals surface area contributed by atoms with Crippen molar-refractivity contribution in [3.8, 4) is 0 Å². The van der Waals surface area contributed by atoms with Crippen LogP contribution in [0, 0.1) is 0 Å². The molecule has 1 unspecified atom stereocenters. The van der Waals surface area contributed by atoms with E-state index in [2.05, 4.69) is 78.7 Å². The van der Waals surface area contributed by atoms with Crippen molar-refractivity contribution in [2.45, 2.75) is 38.9 Å². The van der Waals surface area contributed by atoms with Crippen molar-refractivity contribution in [2.75, 3.05) is 13.6 Å². The lowest BCUT2D eigenvalue weighted by Crippen LogP contribution is -2.42. The van der Waals surface area contributed by atoms with E-state index in [0.717, 1.165) is 18.8 Å². The van der Waals surface area contributed by atoms with Crippen molar-refractivity contribution < 1.29 is 0 Å². The Morgan fingerprint density at radius 1 is 1.24 bits per heavy atom. The highest BCUT2D eigenvalue weighted by Crippen LogP contribution is 2.21. The summed E-state index contributed by atoms with van der Waals surface area (Å²) < 4.78 is 0. The second kappa shape index (κ2) is 7.16. The third kappa shape index (κ3) is 5.23. The van der Waals surface area contributed by atoms with Crippen LogP contribution < -0.4 is 5.32 Å². The van der Waals surface area contributed by atoms with Crippen LogP contribution in [0.15, 0.2) is 41.2 Å². The Morgan fingerprint density at radius 3 is 2.52 bits per heavy atom. The Labute approximate surface area is 132 Å². The number of thiazole rings is 1. The van der Waals surface area contributed by atoms with Crippen LogP contribution in [0.3, 0.4) is 0 Å². The van der Waals surface area contributed by atoms with E-state index >= 15 is 0 Å². The molecule has 3 nitrogen and oxygen atoms in total. The summed E-state index contributed by atoms with van der Waals surface area (Å²) >= 11 is 1.65. The number of aromatic nitrogens is 1. The van der Waals surface area contributed by atoms with Crippen LogP contribution >= 0.6 is 11.3 Å². The molecule has 0 bridgehead atoms. The zero-order valence-corrected chi connectivity index (χ0v) is 14.2. The number of rotatable bonds is 6. The maximum Gasteiger partial charge on any atom is 0.0795 e. The molecular weight excluding hydrogens is 278 g/mol. The SMILES string of the molecule is CN(Cc1cscn1)C(CNC(C)(C)C)c1ccccc1. The molecule has 4 heteroatoms. The van der Waals surface area contributed by atoms with Gasteiger partial charge < -0.3 is 5.32 Å². The maximum atomic E-state index is 4.40. The van der Waals surface area contributed by atoms with Gasteiger partial charge in [-0.3, -0.25) is 4.90 Å². The first-order chi connectivity index (χ1) is 9.96. The minimum Gasteiger partial charge on any atom is -0.310 e. The number of likely N-dealkylation sites (N-methyl/N-ethyl adjacent to an activating group) is 1. The molecule has 0 saturated heterocycles. The summed E-state index contributed by atoms with van der Waals surface area (Å²) in [6, 6.07) is 11.0. The van der Waals surface area contributed by atoms with Crippen LogP contribution in [-0.4, -0.2) is 29.0 Å². The fourth-order valence-electron chi connectivity index (χ4n) is 2.29. The van der Waals surface area contributed by atoms with Gasteiger partial charge in [-0.25, -0.2) is 4.98 Å². The molecule has 1 N–H and O–H groups in total. The first kappa shape index (κ1) is 16.1. The van der Waals surface area contributed by atoms with E-state index in [0.29, 0.717) is 6.04 Å². The van der Waals surface area contributed by atoms with Gasteiger partial charge in [0, 0.05) is 30.1 Å². The number of hydrogen-bond acceptors (Lipinski definition) is 4. The minimum absolute atomic E-state index is 0.120. The standard InChI is InChI=1S/C17H25N3S/c1-17(2,3)19-10-16(14-8-6-5-7-9-14)20(4)11-15-12-21-13-18-15/h5-9,12-13,16,19H,10-11H2,1-4H3. The second-order valence-electron chi connectivity index (χ2n) is 6.45. The van der Waals surface area contributed by atoms with Crippen molar-refractivity contribution in [2.24, 2.45) is 0 Å². The lowest BCUT2D eigenvalue weighted by molar-refractivity contribution is 0.214. The van der Waals surface area contributed by atoms with Gasteiger partial charge in [0.2, 0.25) is 0 Å². The molecule has 0 fully saturated rings. The lowest BCUT2D eigenvalue weighted by atomic mass is 10.0. The topological polar surface area (TPSA) is 28.2 Å². The fraction of sp³-hybridized carbons (Fsp3) is 0.471. The number of hydrogen-bond donors (Lipinski definition) is 1. The van der Waals surface area contributed by atoms with Crippen LogP contribution in [0.4, 0.5) is 0 Å². The number of benzene rings is 1. The van der Waals surface area contributed by atoms with E-state index in [4.69, 9.17) is 0 Å². The Morgan fingerprint density at radius 2 is 1.95 bits per heavy atom. The van der Waals surface area contributed by atoms with Crippen molar-refractivity contribution >= 4 is 11.3 Å². The summed E-state index contributed by atoms with van der Waals surface area (Å²) in [5, 5.41) is 5.74. The highest BCUT2D eigenvalue weighted by Gasteiger charge is 2.20. The lowest BCUT2D eigenvalue weighted by Gasteiger charge is -2.31. The van der Waals surface area contributed by atoms with Crippen LogP contribution in [0.1, 0.15) is 38.1 Å². The van der Waals surface area contributed by atoms with E-state index in [1.54, 1.807) is 11.3 Å². The summed E-state index contributed by atoms with van der Waals surface area (Å²) in [7, 11) is 2.17. The Balaban J connectivity index is 2.11. The monoisotopic (exact) mass is 303 g/mol. The van der Waals surface area contributed by atoms with E-state index in [1.807, 2.05) is 5.51 Å². The summed E-state index contributed by atoms with van der Waals surface area (Å²) in [5.74, 6) is 0. The number of nitrogens with one attached hydrogen (secondary N) is 1. The van der Waals surface area contributed by atoms with Gasteiger partial charge in [0.1, 0.15) is 0 Å². The van der Waals surface area contributed by atoms with Gasteiger partial charge in [-0.2, -0.15) is 0 Å². The first-order valence-electron chi connectivity index (χ1n) is 7.33. The van der Waals surface area contributed by atoms with Gasteiger partial charge >= 0.3 is 0 Å². The Bertz CT molecular complexity index is 517. The fourth-order valence-corrected chi connectivity index (χ4v) is 2.84. The minimum atomic E-state index is 0.120. The van der Waals surface area contributed by atoms with E-state index in [9.17, 15) is 0 Å². The normalized spacial score (nSPS) is 13.6. The average molecular weight is 303 g/mol. The van der Waals surface area contributed by atoms with Gasteiger partial charge in [-0.15, -0.1) is 11.3 Å². The molecule has 2 rings (SSSR count). The molecular formula is C17H25N3S. The molecule has 0 amide bonds. The molecule has 2 aromatic rings. The predicted molar refractivity (Wildman–Crippen MR) is 90.5 cm³/mol. The molecule has 0 spiro atoms. The molecule has 0 aliphatic heterocycles.